The highest BCUT2D eigenvalue weighted by atomic mass is 16.7. The first-order valence-electron chi connectivity index (χ1n) is 11.9. The van der Waals surface area contributed by atoms with E-state index in [9.17, 15) is 14.4 Å². The van der Waals surface area contributed by atoms with Gasteiger partial charge in [0.25, 0.3) is 0 Å². The van der Waals surface area contributed by atoms with Crippen LogP contribution < -0.4 is 0 Å². The minimum absolute atomic E-state index is 0.213. The molecule has 0 aromatic heterocycles. The Labute approximate surface area is 204 Å². The van der Waals surface area contributed by atoms with Gasteiger partial charge in [0.2, 0.25) is 0 Å². The number of ether oxygens (including phenoxy) is 5. The highest BCUT2D eigenvalue weighted by molar-refractivity contribution is 5.91. The second-order valence-corrected chi connectivity index (χ2v) is 10.3. The summed E-state index contributed by atoms with van der Waals surface area (Å²) < 4.78 is 28.9. The molecule has 35 heavy (non-hydrogen) atoms. The van der Waals surface area contributed by atoms with Crippen LogP contribution in [-0.2, 0) is 33.3 Å². The van der Waals surface area contributed by atoms with Gasteiger partial charge in [-0.05, 0) is 51.5 Å². The summed E-state index contributed by atoms with van der Waals surface area (Å²) in [6.07, 6.45) is 0.124. The van der Waals surface area contributed by atoms with Gasteiger partial charge in [0.15, 0.2) is 5.60 Å². The Hall–Kier alpha value is -2.97. The van der Waals surface area contributed by atoms with E-state index in [1.807, 2.05) is 26.8 Å². The molecule has 0 saturated carbocycles. The van der Waals surface area contributed by atoms with Gasteiger partial charge in [0.05, 0.1) is 29.3 Å². The van der Waals surface area contributed by atoms with Crippen LogP contribution in [0.4, 0.5) is 0 Å². The van der Waals surface area contributed by atoms with Crippen LogP contribution in [0.1, 0.15) is 50.9 Å². The number of esters is 3. The molecule has 0 bridgehead atoms. The molecule has 8 nitrogen and oxygen atoms in total. The summed E-state index contributed by atoms with van der Waals surface area (Å²) in [6, 6.07) is 8.77. The Morgan fingerprint density at radius 1 is 1.11 bits per heavy atom. The molecule has 0 amide bonds. The monoisotopic (exact) mass is 482 g/mol. The average molecular weight is 483 g/mol. The lowest BCUT2D eigenvalue weighted by atomic mass is 9.82. The van der Waals surface area contributed by atoms with Crippen LogP contribution in [0, 0.1) is 5.92 Å². The van der Waals surface area contributed by atoms with Crippen LogP contribution in [0.3, 0.4) is 0 Å². The standard InChI is InChI=1S/C27H30O8/c1-14-11-19-22(15(2)23(28)32-19)20(33-25(30)27(5)16(3)34-27)13-26(4)21(35-26)12-18(14)31-24(29)17-9-7-6-8-10-17/h6-11,16,18-22H,2,12-13H2,1,3-5H3/b14-11-/t16-,18-,19-,20+,21+,22+,26-,27-/m0/s1. The SMILES string of the molecule is C=C1C(=O)O[C@H]2/C=C(/C)[C@@H](OC(=O)c3ccccc3)C[C@H]3O[C@@]3(C)C[C@@H](OC(=O)[C@@]3(C)O[C@H]3C)[C@H]12. The van der Waals surface area contributed by atoms with Crippen LogP contribution in [0.5, 0.6) is 0 Å². The van der Waals surface area contributed by atoms with E-state index in [1.54, 1.807) is 37.3 Å². The van der Waals surface area contributed by atoms with E-state index in [2.05, 4.69) is 6.58 Å². The minimum atomic E-state index is -0.997. The maximum Gasteiger partial charge on any atom is 0.341 e. The van der Waals surface area contributed by atoms with Crippen molar-refractivity contribution in [3.05, 3.63) is 59.7 Å². The van der Waals surface area contributed by atoms with Crippen molar-refractivity contribution < 1.29 is 38.1 Å². The second kappa shape index (κ2) is 8.31. The number of hydrogen-bond acceptors (Lipinski definition) is 8. The number of benzene rings is 1. The molecule has 8 atom stereocenters. The molecule has 1 aromatic rings. The van der Waals surface area contributed by atoms with Crippen LogP contribution >= 0.6 is 0 Å². The van der Waals surface area contributed by atoms with Gasteiger partial charge < -0.3 is 23.7 Å². The molecule has 3 fully saturated rings. The van der Waals surface area contributed by atoms with E-state index in [0.717, 1.165) is 5.57 Å². The number of rotatable bonds is 4. The molecule has 186 valence electrons. The zero-order valence-electron chi connectivity index (χ0n) is 20.3. The maximum atomic E-state index is 12.9. The molecular formula is C27H30O8. The Morgan fingerprint density at radius 2 is 1.80 bits per heavy atom. The van der Waals surface area contributed by atoms with Gasteiger partial charge >= 0.3 is 17.9 Å². The van der Waals surface area contributed by atoms with Crippen LogP contribution in [0.15, 0.2) is 54.1 Å². The van der Waals surface area contributed by atoms with Crippen molar-refractivity contribution >= 4 is 17.9 Å². The molecule has 0 radical (unpaired) electrons. The zero-order chi connectivity index (χ0) is 25.1. The van der Waals surface area contributed by atoms with E-state index < -0.39 is 53.3 Å². The molecule has 0 unspecified atom stereocenters. The van der Waals surface area contributed by atoms with Crippen LogP contribution in [0.25, 0.3) is 0 Å². The van der Waals surface area contributed by atoms with Gasteiger partial charge in [0.1, 0.15) is 18.3 Å². The highest BCUT2D eigenvalue weighted by Gasteiger charge is 2.61. The topological polar surface area (TPSA) is 104 Å². The largest absolute Gasteiger partial charge is 0.459 e. The third kappa shape index (κ3) is 4.29. The van der Waals surface area contributed by atoms with Crippen molar-refractivity contribution in [1.29, 1.82) is 0 Å². The maximum absolute atomic E-state index is 12.9. The summed E-state index contributed by atoms with van der Waals surface area (Å²) in [5.74, 6) is -2.05. The van der Waals surface area contributed by atoms with Crippen LogP contribution in [-0.4, -0.2) is 59.6 Å². The number of epoxide rings is 2. The molecule has 1 aromatic carbocycles. The Kier molecular flexibility index (Phi) is 5.64. The van der Waals surface area contributed by atoms with Crippen LogP contribution in [0.2, 0.25) is 0 Å². The third-order valence-corrected chi connectivity index (χ3v) is 7.73. The summed E-state index contributed by atoms with van der Waals surface area (Å²) in [5.41, 5.74) is -0.197. The zero-order valence-corrected chi connectivity index (χ0v) is 20.3. The lowest BCUT2D eigenvalue weighted by Gasteiger charge is -2.30. The predicted molar refractivity (Wildman–Crippen MR) is 123 cm³/mol. The van der Waals surface area contributed by atoms with Gasteiger partial charge in [-0.2, -0.15) is 0 Å². The van der Waals surface area contributed by atoms with E-state index in [4.69, 9.17) is 23.7 Å². The summed E-state index contributed by atoms with van der Waals surface area (Å²) in [5, 5.41) is 0. The van der Waals surface area contributed by atoms with Crippen molar-refractivity contribution in [2.24, 2.45) is 5.92 Å². The summed E-state index contributed by atoms with van der Waals surface area (Å²) in [6.45, 7) is 11.2. The van der Waals surface area contributed by atoms with Gasteiger partial charge in [0, 0.05) is 18.4 Å². The first kappa shape index (κ1) is 23.8. The van der Waals surface area contributed by atoms with Gasteiger partial charge in [-0.1, -0.05) is 24.8 Å². The minimum Gasteiger partial charge on any atom is -0.459 e. The van der Waals surface area contributed by atoms with E-state index in [1.165, 1.54) is 0 Å². The number of carbonyl (C=O) groups excluding carboxylic acids is 3. The first-order chi connectivity index (χ1) is 16.5. The molecule has 3 saturated heterocycles. The Bertz CT molecular complexity index is 1110. The number of fused-ring (bicyclic) bond motifs is 2. The van der Waals surface area contributed by atoms with Crippen molar-refractivity contribution in [3.8, 4) is 0 Å². The lowest BCUT2D eigenvalue weighted by Crippen LogP contribution is -2.40. The molecule has 4 aliphatic rings. The number of hydrogen-bond donors (Lipinski definition) is 0. The molecule has 3 aliphatic heterocycles. The fourth-order valence-corrected chi connectivity index (χ4v) is 5.05. The summed E-state index contributed by atoms with van der Waals surface area (Å²) >= 11 is 0. The van der Waals surface area contributed by atoms with Crippen molar-refractivity contribution in [2.45, 2.75) is 82.3 Å². The predicted octanol–water partition coefficient (Wildman–Crippen LogP) is 3.30. The normalized spacial score (nSPS) is 41.4. The molecule has 0 N–H and O–H groups in total. The fourth-order valence-electron chi connectivity index (χ4n) is 5.05. The number of carbonyl (C=O) groups is 3. The second-order valence-electron chi connectivity index (χ2n) is 10.3. The molecule has 3 heterocycles. The van der Waals surface area contributed by atoms with Gasteiger partial charge in [-0.25, -0.2) is 14.4 Å². The smallest absolute Gasteiger partial charge is 0.341 e. The molecular weight excluding hydrogens is 452 g/mol. The van der Waals surface area contributed by atoms with E-state index in [-0.39, 0.29) is 17.8 Å². The fraction of sp³-hybridized carbons (Fsp3) is 0.519. The molecule has 1 aliphatic carbocycles. The first-order valence-corrected chi connectivity index (χ1v) is 11.9. The summed E-state index contributed by atoms with van der Waals surface area (Å²) in [4.78, 5) is 38.2. The Balaban J connectivity index is 1.44. The average Bonchev–Trinajstić information content (AvgIpc) is 3.62. The van der Waals surface area contributed by atoms with E-state index >= 15 is 0 Å². The van der Waals surface area contributed by atoms with Gasteiger partial charge in [-0.15, -0.1) is 0 Å². The van der Waals surface area contributed by atoms with E-state index in [0.29, 0.717) is 18.4 Å². The quantitative estimate of drug-likeness (QED) is 0.212. The third-order valence-electron chi connectivity index (χ3n) is 7.73. The highest BCUT2D eigenvalue weighted by Crippen LogP contribution is 2.49. The van der Waals surface area contributed by atoms with Crippen molar-refractivity contribution in [1.82, 2.24) is 0 Å². The van der Waals surface area contributed by atoms with Crippen molar-refractivity contribution in [3.63, 3.8) is 0 Å². The van der Waals surface area contributed by atoms with Gasteiger partial charge in [-0.3, -0.25) is 0 Å². The molecule has 5 rings (SSSR count). The summed E-state index contributed by atoms with van der Waals surface area (Å²) in [7, 11) is 0. The molecule has 8 heteroatoms. The lowest BCUT2D eigenvalue weighted by molar-refractivity contribution is -0.159. The Morgan fingerprint density at radius 3 is 2.46 bits per heavy atom. The van der Waals surface area contributed by atoms with Crippen molar-refractivity contribution in [2.75, 3.05) is 0 Å². The molecule has 0 spiro atoms.